The second-order valence-corrected chi connectivity index (χ2v) is 5.28. The molecule has 0 aromatic carbocycles. The fourth-order valence-corrected chi connectivity index (χ4v) is 2.09. The third kappa shape index (κ3) is 3.76. The van der Waals surface area contributed by atoms with Gasteiger partial charge in [-0.25, -0.2) is 9.78 Å². The zero-order valence-electron chi connectivity index (χ0n) is 9.38. The number of hydrogen-bond acceptors (Lipinski definition) is 2. The molecule has 84 valence electrons. The smallest absolute Gasteiger partial charge is 0.163 e. The zero-order valence-corrected chi connectivity index (χ0v) is 10.1. The standard InChI is InChI=1S/C11H21ClO2/c1-9(12)13-14-11(2,3)10-7-5-4-6-8-10/h9-10H,4-8H2,1-3H3. The van der Waals surface area contributed by atoms with Crippen molar-refractivity contribution in [2.45, 2.75) is 64.0 Å². The highest BCUT2D eigenvalue weighted by Gasteiger charge is 2.33. The van der Waals surface area contributed by atoms with Crippen molar-refractivity contribution in [1.29, 1.82) is 0 Å². The van der Waals surface area contributed by atoms with Crippen LogP contribution in [0.15, 0.2) is 0 Å². The van der Waals surface area contributed by atoms with Crippen molar-refractivity contribution in [3.8, 4) is 0 Å². The van der Waals surface area contributed by atoms with Gasteiger partial charge in [-0.15, -0.1) is 0 Å². The topological polar surface area (TPSA) is 18.5 Å². The fourth-order valence-electron chi connectivity index (χ4n) is 2.06. The Morgan fingerprint density at radius 2 is 1.79 bits per heavy atom. The maximum atomic E-state index is 5.68. The van der Waals surface area contributed by atoms with Gasteiger partial charge in [0.25, 0.3) is 0 Å². The molecule has 0 bridgehead atoms. The van der Waals surface area contributed by atoms with E-state index in [2.05, 4.69) is 13.8 Å². The van der Waals surface area contributed by atoms with Gasteiger partial charge >= 0.3 is 0 Å². The van der Waals surface area contributed by atoms with Crippen molar-refractivity contribution in [3.63, 3.8) is 0 Å². The van der Waals surface area contributed by atoms with Gasteiger partial charge in [-0.1, -0.05) is 30.9 Å². The van der Waals surface area contributed by atoms with Gasteiger partial charge in [0.2, 0.25) is 0 Å². The average molecular weight is 221 g/mol. The lowest BCUT2D eigenvalue weighted by Gasteiger charge is -2.35. The van der Waals surface area contributed by atoms with Crippen molar-refractivity contribution in [3.05, 3.63) is 0 Å². The van der Waals surface area contributed by atoms with E-state index in [1.54, 1.807) is 6.92 Å². The Balaban J connectivity index is 2.37. The normalized spacial score (nSPS) is 22.3. The summed E-state index contributed by atoms with van der Waals surface area (Å²) in [6.45, 7) is 5.93. The molecule has 1 unspecified atom stereocenters. The Hall–Kier alpha value is 0.210. The molecule has 1 saturated carbocycles. The first kappa shape index (κ1) is 12.3. The zero-order chi connectivity index (χ0) is 10.6. The van der Waals surface area contributed by atoms with Crippen LogP contribution < -0.4 is 0 Å². The van der Waals surface area contributed by atoms with E-state index in [0.29, 0.717) is 5.92 Å². The molecule has 1 atom stereocenters. The summed E-state index contributed by atoms with van der Waals surface area (Å²) in [6, 6.07) is 0. The van der Waals surface area contributed by atoms with Gasteiger partial charge in [-0.05, 0) is 39.5 Å². The molecule has 3 heteroatoms. The van der Waals surface area contributed by atoms with Crippen LogP contribution in [0.2, 0.25) is 0 Å². The van der Waals surface area contributed by atoms with Gasteiger partial charge in [0.05, 0.1) is 0 Å². The van der Waals surface area contributed by atoms with E-state index < -0.39 is 0 Å². The van der Waals surface area contributed by atoms with Crippen LogP contribution >= 0.6 is 11.6 Å². The maximum absolute atomic E-state index is 5.68. The lowest BCUT2D eigenvalue weighted by Crippen LogP contribution is -2.36. The van der Waals surface area contributed by atoms with Crippen LogP contribution in [0.1, 0.15) is 52.9 Å². The summed E-state index contributed by atoms with van der Waals surface area (Å²) >= 11 is 5.68. The average Bonchev–Trinajstić information content (AvgIpc) is 2.16. The van der Waals surface area contributed by atoms with E-state index in [-0.39, 0.29) is 11.2 Å². The van der Waals surface area contributed by atoms with Crippen LogP contribution in [0.25, 0.3) is 0 Å². The Morgan fingerprint density at radius 3 is 2.29 bits per heavy atom. The van der Waals surface area contributed by atoms with Gasteiger partial charge in [0, 0.05) is 0 Å². The monoisotopic (exact) mass is 220 g/mol. The van der Waals surface area contributed by atoms with Gasteiger partial charge in [0.15, 0.2) is 5.56 Å². The molecule has 1 fully saturated rings. The Bertz CT molecular complexity index is 163. The van der Waals surface area contributed by atoms with E-state index >= 15 is 0 Å². The molecule has 0 amide bonds. The largest absolute Gasteiger partial charge is 0.229 e. The second kappa shape index (κ2) is 5.34. The minimum atomic E-state index is -0.377. The van der Waals surface area contributed by atoms with Gasteiger partial charge < -0.3 is 0 Å². The highest BCUT2D eigenvalue weighted by Crippen LogP contribution is 2.35. The number of alkyl halides is 1. The molecule has 2 nitrogen and oxygen atoms in total. The van der Waals surface area contributed by atoms with Crippen molar-refractivity contribution >= 4 is 11.6 Å². The molecular weight excluding hydrogens is 200 g/mol. The van der Waals surface area contributed by atoms with E-state index in [1.165, 1.54) is 32.1 Å². The summed E-state index contributed by atoms with van der Waals surface area (Å²) in [6.07, 6.45) is 6.47. The summed E-state index contributed by atoms with van der Waals surface area (Å²) in [4.78, 5) is 10.4. The summed E-state index contributed by atoms with van der Waals surface area (Å²) < 4.78 is 0. The lowest BCUT2D eigenvalue weighted by molar-refractivity contribution is -0.372. The van der Waals surface area contributed by atoms with Crippen LogP contribution in [0, 0.1) is 5.92 Å². The molecule has 0 aromatic heterocycles. The molecule has 1 aliphatic carbocycles. The van der Waals surface area contributed by atoms with Crippen LogP contribution in [-0.2, 0) is 9.78 Å². The summed E-state index contributed by atoms with van der Waals surface area (Å²) in [5.41, 5.74) is -0.582. The van der Waals surface area contributed by atoms with Crippen molar-refractivity contribution < 1.29 is 9.78 Å². The van der Waals surface area contributed by atoms with Gasteiger partial charge in [0.1, 0.15) is 5.60 Å². The molecule has 0 spiro atoms. The Labute approximate surface area is 91.8 Å². The first-order valence-corrected chi connectivity index (χ1v) is 5.94. The van der Waals surface area contributed by atoms with Crippen molar-refractivity contribution in [1.82, 2.24) is 0 Å². The van der Waals surface area contributed by atoms with Gasteiger partial charge in [-0.3, -0.25) is 0 Å². The van der Waals surface area contributed by atoms with Crippen molar-refractivity contribution in [2.24, 2.45) is 5.92 Å². The van der Waals surface area contributed by atoms with E-state index in [9.17, 15) is 0 Å². The second-order valence-electron chi connectivity index (χ2n) is 4.66. The van der Waals surface area contributed by atoms with E-state index in [0.717, 1.165) is 0 Å². The Kier molecular flexibility index (Phi) is 4.68. The lowest BCUT2D eigenvalue weighted by atomic mass is 9.79. The summed E-state index contributed by atoms with van der Waals surface area (Å²) in [5, 5.41) is 0. The fraction of sp³-hybridized carbons (Fsp3) is 1.00. The predicted octanol–water partition coefficient (Wildman–Crippen LogP) is 3.88. The third-order valence-corrected chi connectivity index (χ3v) is 3.06. The summed E-state index contributed by atoms with van der Waals surface area (Å²) in [7, 11) is 0. The molecule has 14 heavy (non-hydrogen) atoms. The van der Waals surface area contributed by atoms with Crippen LogP contribution in [0.4, 0.5) is 0 Å². The third-order valence-electron chi connectivity index (χ3n) is 2.98. The van der Waals surface area contributed by atoms with E-state index in [1.807, 2.05) is 0 Å². The van der Waals surface area contributed by atoms with Crippen LogP contribution in [0.3, 0.4) is 0 Å². The molecule has 0 heterocycles. The van der Waals surface area contributed by atoms with Crippen molar-refractivity contribution in [2.75, 3.05) is 0 Å². The molecule has 0 aliphatic heterocycles. The number of hydrogen-bond donors (Lipinski definition) is 0. The molecule has 0 aromatic rings. The molecule has 0 radical (unpaired) electrons. The quantitative estimate of drug-likeness (QED) is 0.407. The SMILES string of the molecule is CC(Cl)OOC(C)(C)C1CCCCC1. The summed E-state index contributed by atoms with van der Waals surface area (Å²) in [5.74, 6) is 0.603. The minimum absolute atomic E-state index is 0.205. The maximum Gasteiger partial charge on any atom is 0.163 e. The molecular formula is C11H21ClO2. The minimum Gasteiger partial charge on any atom is -0.229 e. The molecule has 0 N–H and O–H groups in total. The number of halogens is 1. The van der Waals surface area contributed by atoms with Gasteiger partial charge in [-0.2, -0.15) is 0 Å². The predicted molar refractivity (Wildman–Crippen MR) is 58.1 cm³/mol. The highest BCUT2D eigenvalue weighted by molar-refractivity contribution is 6.19. The molecule has 0 saturated heterocycles. The first-order chi connectivity index (χ1) is 6.52. The van der Waals surface area contributed by atoms with Crippen LogP contribution in [-0.4, -0.2) is 11.2 Å². The number of rotatable bonds is 4. The molecule has 1 aliphatic rings. The Morgan fingerprint density at radius 1 is 1.21 bits per heavy atom. The highest BCUT2D eigenvalue weighted by atomic mass is 35.5. The van der Waals surface area contributed by atoms with Crippen LogP contribution in [0.5, 0.6) is 0 Å². The molecule has 1 rings (SSSR count). The van der Waals surface area contributed by atoms with E-state index in [4.69, 9.17) is 21.4 Å². The first-order valence-electron chi connectivity index (χ1n) is 5.51.